The van der Waals surface area contributed by atoms with Crippen LogP contribution in [0, 0.1) is 0 Å². The van der Waals surface area contributed by atoms with Gasteiger partial charge in [0.05, 0.1) is 20.8 Å². The van der Waals surface area contributed by atoms with Crippen molar-refractivity contribution in [2.45, 2.75) is 38.1 Å². The molecule has 0 unspecified atom stereocenters. The van der Waals surface area contributed by atoms with Crippen LogP contribution >= 0.6 is 0 Å². The maximum absolute atomic E-state index is 10.4. The van der Waals surface area contributed by atoms with Gasteiger partial charge in [0.2, 0.25) is 0 Å². The maximum Gasteiger partial charge on any atom is 0.317 e. The lowest BCUT2D eigenvalue weighted by Crippen LogP contribution is -2.22. The number of aliphatic carboxylic acids is 1. The van der Waals surface area contributed by atoms with Gasteiger partial charge in [-0.1, -0.05) is 19.3 Å². The third kappa shape index (κ3) is 10.6. The van der Waals surface area contributed by atoms with Gasteiger partial charge in [0.15, 0.2) is 0 Å². The molecule has 1 aromatic rings. The fourth-order valence-corrected chi connectivity index (χ4v) is 2.03. The second-order valence-corrected chi connectivity index (χ2v) is 5.26. The Kier molecular flexibility index (Phi) is 12.2. The Hall–Kier alpha value is -2.12. The Labute approximate surface area is 142 Å². The predicted octanol–water partition coefficient (Wildman–Crippen LogP) is 1.82. The summed E-state index contributed by atoms with van der Waals surface area (Å²) in [5.41, 5.74) is 10.8. The molecule has 0 aliphatic heterocycles. The summed E-state index contributed by atoms with van der Waals surface area (Å²) in [5.74, 6) is 0.276. The minimum Gasteiger partial charge on any atom is -0.497 e. The van der Waals surface area contributed by atoms with Crippen molar-refractivity contribution in [1.29, 1.82) is 0 Å². The predicted molar refractivity (Wildman–Crippen MR) is 92.7 cm³/mol. The zero-order valence-electron chi connectivity index (χ0n) is 14.4. The number of rotatable bonds is 4. The Morgan fingerprint density at radius 1 is 1.17 bits per heavy atom. The molecule has 1 fully saturated rings. The Morgan fingerprint density at radius 2 is 1.62 bits per heavy atom. The van der Waals surface area contributed by atoms with E-state index in [0.29, 0.717) is 23.1 Å². The lowest BCUT2D eigenvalue weighted by molar-refractivity contribution is -0.135. The summed E-state index contributed by atoms with van der Waals surface area (Å²) < 4.78 is 9.92. The molecular weight excluding hydrogens is 312 g/mol. The van der Waals surface area contributed by atoms with Crippen LogP contribution in [-0.2, 0) is 4.79 Å². The number of hydrogen-bond acceptors (Lipinski definition) is 6. The van der Waals surface area contributed by atoms with Crippen molar-refractivity contribution < 1.29 is 24.2 Å². The van der Waals surface area contributed by atoms with Crippen molar-refractivity contribution in [3.05, 3.63) is 23.8 Å². The van der Waals surface area contributed by atoms with Crippen molar-refractivity contribution >= 4 is 12.3 Å². The number of carboxylic acid groups (broad SMARTS) is 1. The molecule has 0 atom stereocenters. The monoisotopic (exact) mass is 340 g/mol. The van der Waals surface area contributed by atoms with Crippen molar-refractivity contribution in [3.63, 3.8) is 0 Å². The van der Waals surface area contributed by atoms with Gasteiger partial charge in [0.1, 0.15) is 17.8 Å². The van der Waals surface area contributed by atoms with Gasteiger partial charge in [-0.25, -0.2) is 0 Å². The Bertz CT molecular complexity index is 466. The number of ether oxygens (including phenoxy) is 2. The molecule has 7 heteroatoms. The first kappa shape index (κ1) is 21.9. The third-order valence-corrected chi connectivity index (χ3v) is 3.33. The summed E-state index contributed by atoms with van der Waals surface area (Å²) in [7, 11) is 3.09. The number of benzene rings is 1. The molecule has 24 heavy (non-hydrogen) atoms. The molecule has 0 saturated heterocycles. The fraction of sp³-hybridized carbons (Fsp3) is 0.529. The second-order valence-electron chi connectivity index (χ2n) is 5.26. The summed E-state index contributed by atoms with van der Waals surface area (Å²) in [6, 6.07) is 5.55. The molecule has 1 saturated carbocycles. The normalized spacial score (nSPS) is 13.5. The van der Waals surface area contributed by atoms with Gasteiger partial charge in [-0.15, -0.1) is 0 Å². The van der Waals surface area contributed by atoms with Gasteiger partial charge in [-0.3, -0.25) is 9.59 Å². The standard InChI is InChI=1S/C9H10O3.C6H13N.C2H5NO2/c1-11-8-3-7(6-10)4-9(5-8)12-2;7-6-4-2-1-3-5-6;3-1-2(4)5/h3-6H,1-2H3;6H,1-5,7H2;1,3H2,(H,4,5). The van der Waals surface area contributed by atoms with Gasteiger partial charge < -0.3 is 26.0 Å². The lowest BCUT2D eigenvalue weighted by Gasteiger charge is -2.15. The highest BCUT2D eigenvalue weighted by Crippen LogP contribution is 2.21. The van der Waals surface area contributed by atoms with Crippen LogP contribution in [0.15, 0.2) is 18.2 Å². The molecule has 2 rings (SSSR count). The van der Waals surface area contributed by atoms with Crippen molar-refractivity contribution in [2.24, 2.45) is 11.5 Å². The molecule has 0 amide bonds. The molecule has 0 heterocycles. The summed E-state index contributed by atoms with van der Waals surface area (Å²) in [4.78, 5) is 19.7. The first-order chi connectivity index (χ1) is 11.5. The number of carboxylic acids is 1. The summed E-state index contributed by atoms with van der Waals surface area (Å²) in [6.07, 6.45) is 7.42. The largest absolute Gasteiger partial charge is 0.497 e. The fourth-order valence-electron chi connectivity index (χ4n) is 2.03. The minimum atomic E-state index is -0.968. The molecule has 0 radical (unpaired) electrons. The van der Waals surface area contributed by atoms with E-state index in [1.165, 1.54) is 32.1 Å². The molecule has 1 aliphatic carbocycles. The zero-order valence-corrected chi connectivity index (χ0v) is 14.4. The van der Waals surface area contributed by atoms with E-state index < -0.39 is 5.97 Å². The third-order valence-electron chi connectivity index (χ3n) is 3.33. The highest BCUT2D eigenvalue weighted by atomic mass is 16.5. The van der Waals surface area contributed by atoms with E-state index in [0.717, 1.165) is 6.29 Å². The van der Waals surface area contributed by atoms with Crippen LogP contribution in [0.25, 0.3) is 0 Å². The lowest BCUT2D eigenvalue weighted by atomic mass is 9.97. The van der Waals surface area contributed by atoms with Crippen LogP contribution in [-0.4, -0.2) is 44.2 Å². The first-order valence-corrected chi connectivity index (χ1v) is 7.82. The van der Waals surface area contributed by atoms with Crippen LogP contribution in [0.5, 0.6) is 11.5 Å². The molecule has 5 N–H and O–H groups in total. The molecular formula is C17H28N2O5. The molecule has 0 bridgehead atoms. The number of carbonyl (C=O) groups excluding carboxylic acids is 1. The zero-order chi connectivity index (χ0) is 18.4. The quantitative estimate of drug-likeness (QED) is 0.714. The molecule has 0 spiro atoms. The minimum absolute atomic E-state index is 0.278. The molecule has 1 aromatic carbocycles. The number of methoxy groups -OCH3 is 2. The average Bonchev–Trinajstić information content (AvgIpc) is 2.62. The molecule has 136 valence electrons. The van der Waals surface area contributed by atoms with Crippen LogP contribution in [0.1, 0.15) is 42.5 Å². The van der Waals surface area contributed by atoms with Gasteiger partial charge in [0.25, 0.3) is 0 Å². The molecule has 1 aliphatic rings. The van der Waals surface area contributed by atoms with Gasteiger partial charge >= 0.3 is 5.97 Å². The highest BCUT2D eigenvalue weighted by Gasteiger charge is 2.06. The number of hydrogen-bond donors (Lipinski definition) is 3. The Morgan fingerprint density at radius 3 is 1.88 bits per heavy atom. The summed E-state index contributed by atoms with van der Waals surface area (Å²) >= 11 is 0. The average molecular weight is 340 g/mol. The van der Waals surface area contributed by atoms with Crippen LogP contribution < -0.4 is 20.9 Å². The van der Waals surface area contributed by atoms with Crippen LogP contribution in [0.4, 0.5) is 0 Å². The van der Waals surface area contributed by atoms with E-state index in [2.05, 4.69) is 5.73 Å². The first-order valence-electron chi connectivity index (χ1n) is 7.82. The van der Waals surface area contributed by atoms with E-state index in [9.17, 15) is 9.59 Å². The van der Waals surface area contributed by atoms with Gasteiger partial charge in [0, 0.05) is 17.7 Å². The SMILES string of the molecule is COc1cc(C=O)cc(OC)c1.NC1CCCCC1.NCC(=O)O. The topological polar surface area (TPSA) is 125 Å². The Balaban J connectivity index is 0.000000373. The molecule has 7 nitrogen and oxygen atoms in total. The summed E-state index contributed by atoms with van der Waals surface area (Å²) in [6.45, 7) is -0.278. The second kappa shape index (κ2) is 13.3. The van der Waals surface area contributed by atoms with Crippen LogP contribution in [0.3, 0.4) is 0 Å². The van der Waals surface area contributed by atoms with E-state index in [-0.39, 0.29) is 6.54 Å². The van der Waals surface area contributed by atoms with Crippen molar-refractivity contribution in [1.82, 2.24) is 0 Å². The van der Waals surface area contributed by atoms with Gasteiger partial charge in [-0.2, -0.15) is 0 Å². The van der Waals surface area contributed by atoms with E-state index in [1.807, 2.05) is 0 Å². The number of nitrogens with two attached hydrogens (primary N) is 2. The van der Waals surface area contributed by atoms with Gasteiger partial charge in [-0.05, 0) is 25.0 Å². The molecule has 0 aromatic heterocycles. The number of carbonyl (C=O) groups is 2. The van der Waals surface area contributed by atoms with Crippen molar-refractivity contribution in [3.8, 4) is 11.5 Å². The highest BCUT2D eigenvalue weighted by molar-refractivity contribution is 5.76. The van der Waals surface area contributed by atoms with Crippen LogP contribution in [0.2, 0.25) is 0 Å². The maximum atomic E-state index is 10.4. The van der Waals surface area contributed by atoms with E-state index >= 15 is 0 Å². The smallest absolute Gasteiger partial charge is 0.317 e. The summed E-state index contributed by atoms with van der Waals surface area (Å²) in [5, 5.41) is 7.60. The van der Waals surface area contributed by atoms with E-state index in [1.54, 1.807) is 32.4 Å². The van der Waals surface area contributed by atoms with E-state index in [4.69, 9.17) is 20.3 Å². The number of aldehydes is 1. The van der Waals surface area contributed by atoms with Crippen molar-refractivity contribution in [2.75, 3.05) is 20.8 Å².